The molecule has 1 heterocycles. The summed E-state index contributed by atoms with van der Waals surface area (Å²) in [5.41, 5.74) is 2.63. The molecule has 4 rings (SSSR count). The van der Waals surface area contributed by atoms with Gasteiger partial charge in [0.2, 0.25) is 11.0 Å². The van der Waals surface area contributed by atoms with Gasteiger partial charge in [-0.15, -0.1) is 10.2 Å². The van der Waals surface area contributed by atoms with Crippen molar-refractivity contribution in [1.29, 1.82) is 0 Å². The van der Waals surface area contributed by atoms with Crippen molar-refractivity contribution in [2.24, 2.45) is 0 Å². The molecule has 0 aliphatic rings. The predicted octanol–water partition coefficient (Wildman–Crippen LogP) is 5.75. The molecule has 3 aromatic carbocycles. The van der Waals surface area contributed by atoms with Gasteiger partial charge in [-0.1, -0.05) is 89.8 Å². The van der Waals surface area contributed by atoms with Crippen LogP contribution >= 0.6 is 23.1 Å². The molecule has 0 radical (unpaired) electrons. The highest BCUT2D eigenvalue weighted by Crippen LogP contribution is 2.39. The van der Waals surface area contributed by atoms with Crippen molar-refractivity contribution < 1.29 is 4.79 Å². The van der Waals surface area contributed by atoms with Crippen molar-refractivity contribution in [3.63, 3.8) is 0 Å². The first-order chi connectivity index (χ1) is 14.3. The Bertz CT molecular complexity index is 1060. The summed E-state index contributed by atoms with van der Waals surface area (Å²) in [6.45, 7) is 0. The summed E-state index contributed by atoms with van der Waals surface area (Å²) >= 11 is 2.82. The quantitative estimate of drug-likeness (QED) is 0.374. The molecular weight excluding hydrogens is 400 g/mol. The van der Waals surface area contributed by atoms with Crippen LogP contribution in [0.15, 0.2) is 95.3 Å². The Morgan fingerprint density at radius 3 is 2.03 bits per heavy atom. The van der Waals surface area contributed by atoms with Crippen LogP contribution in [-0.2, 0) is 4.79 Å². The zero-order valence-electron chi connectivity index (χ0n) is 15.4. The van der Waals surface area contributed by atoms with Crippen LogP contribution in [-0.4, -0.2) is 16.1 Å². The Balaban J connectivity index is 1.52. The third-order valence-corrected chi connectivity index (χ3v) is 6.21. The molecule has 4 aromatic rings. The fourth-order valence-corrected chi connectivity index (χ4v) is 4.65. The molecule has 1 aromatic heterocycles. The number of nitrogens with one attached hydrogen (secondary N) is 2. The lowest BCUT2D eigenvalue weighted by atomic mass is 10.1. The molecule has 0 spiro atoms. The molecule has 0 fully saturated rings. The second-order valence-electron chi connectivity index (χ2n) is 6.13. The Morgan fingerprint density at radius 2 is 1.38 bits per heavy atom. The van der Waals surface area contributed by atoms with E-state index in [1.54, 1.807) is 0 Å². The summed E-state index contributed by atoms with van der Waals surface area (Å²) in [5, 5.41) is 14.9. The molecule has 0 aliphatic carbocycles. The van der Waals surface area contributed by atoms with Crippen LogP contribution in [0.5, 0.6) is 0 Å². The van der Waals surface area contributed by atoms with E-state index in [1.165, 1.54) is 23.1 Å². The minimum Gasteiger partial charge on any atom is -0.330 e. The second kappa shape index (κ2) is 9.36. The first-order valence-electron chi connectivity index (χ1n) is 9.01. The zero-order valence-corrected chi connectivity index (χ0v) is 17.0. The summed E-state index contributed by atoms with van der Waals surface area (Å²) < 4.78 is 0.723. The van der Waals surface area contributed by atoms with Crippen LogP contribution in [0.1, 0.15) is 10.8 Å². The lowest BCUT2D eigenvalue weighted by Crippen LogP contribution is -2.18. The highest BCUT2D eigenvalue weighted by atomic mass is 32.2. The van der Waals surface area contributed by atoms with E-state index in [1.807, 2.05) is 91.0 Å². The highest BCUT2D eigenvalue weighted by molar-refractivity contribution is 8.02. The number of para-hydroxylation sites is 2. The van der Waals surface area contributed by atoms with E-state index >= 15 is 0 Å². The smallest absolute Gasteiger partial charge is 0.242 e. The average Bonchev–Trinajstić information content (AvgIpc) is 3.21. The van der Waals surface area contributed by atoms with E-state index in [2.05, 4.69) is 20.8 Å². The number of thioether (sulfide) groups is 1. The Kier molecular flexibility index (Phi) is 6.19. The Morgan fingerprint density at radius 1 is 0.793 bits per heavy atom. The van der Waals surface area contributed by atoms with Crippen LogP contribution in [0.3, 0.4) is 0 Å². The van der Waals surface area contributed by atoms with Crippen molar-refractivity contribution >= 4 is 45.5 Å². The van der Waals surface area contributed by atoms with Gasteiger partial charge in [0.05, 0.1) is 0 Å². The van der Waals surface area contributed by atoms with Gasteiger partial charge in [-0.25, -0.2) is 0 Å². The largest absolute Gasteiger partial charge is 0.330 e. The van der Waals surface area contributed by atoms with Crippen LogP contribution in [0.2, 0.25) is 0 Å². The van der Waals surface area contributed by atoms with Gasteiger partial charge in [0.15, 0.2) is 4.34 Å². The van der Waals surface area contributed by atoms with Gasteiger partial charge in [0, 0.05) is 11.4 Å². The first kappa shape index (κ1) is 19.2. The summed E-state index contributed by atoms with van der Waals surface area (Å²) in [6.07, 6.45) is 0. The van der Waals surface area contributed by atoms with Crippen LogP contribution in [0.25, 0.3) is 0 Å². The fraction of sp³-hybridized carbons (Fsp3) is 0.0455. The van der Waals surface area contributed by atoms with E-state index in [4.69, 9.17) is 0 Å². The molecule has 29 heavy (non-hydrogen) atoms. The number of anilines is 3. The maximum absolute atomic E-state index is 13.0. The van der Waals surface area contributed by atoms with Crippen LogP contribution < -0.4 is 10.6 Å². The van der Waals surface area contributed by atoms with Crippen molar-refractivity contribution in [1.82, 2.24) is 10.2 Å². The number of carbonyl (C=O) groups excluding carboxylic acids is 1. The SMILES string of the molecule is O=C(Nc1ccccc1)C(Sc1nnc(Nc2ccccc2)s1)c1ccccc1. The Labute approximate surface area is 177 Å². The van der Waals surface area contributed by atoms with Gasteiger partial charge in [0.1, 0.15) is 5.25 Å². The first-order valence-corrected chi connectivity index (χ1v) is 10.7. The highest BCUT2D eigenvalue weighted by Gasteiger charge is 2.24. The van der Waals surface area contributed by atoms with Crippen LogP contribution in [0.4, 0.5) is 16.5 Å². The normalized spacial score (nSPS) is 11.6. The number of carbonyl (C=O) groups is 1. The summed E-state index contributed by atoms with van der Waals surface area (Å²) in [4.78, 5) is 13.0. The van der Waals surface area contributed by atoms with Gasteiger partial charge in [-0.2, -0.15) is 0 Å². The molecule has 1 atom stereocenters. The van der Waals surface area contributed by atoms with E-state index in [-0.39, 0.29) is 5.91 Å². The zero-order chi connectivity index (χ0) is 19.9. The molecule has 1 unspecified atom stereocenters. The second-order valence-corrected chi connectivity index (χ2v) is 8.46. The van der Waals surface area contributed by atoms with Gasteiger partial charge < -0.3 is 10.6 Å². The molecule has 0 bridgehead atoms. The third-order valence-electron chi connectivity index (χ3n) is 4.03. The van der Waals surface area contributed by atoms with Gasteiger partial charge in [-0.05, 0) is 29.8 Å². The number of amides is 1. The topological polar surface area (TPSA) is 66.9 Å². The monoisotopic (exact) mass is 418 g/mol. The average molecular weight is 419 g/mol. The third kappa shape index (κ3) is 5.22. The predicted molar refractivity (Wildman–Crippen MR) is 120 cm³/mol. The summed E-state index contributed by atoms with van der Waals surface area (Å²) in [6, 6.07) is 29.0. The summed E-state index contributed by atoms with van der Waals surface area (Å²) in [5.74, 6) is -0.0971. The fourth-order valence-electron chi connectivity index (χ4n) is 2.68. The van der Waals surface area contributed by atoms with Gasteiger partial charge in [-0.3, -0.25) is 4.79 Å². The van der Waals surface area contributed by atoms with Crippen molar-refractivity contribution in [3.05, 3.63) is 96.6 Å². The van der Waals surface area contributed by atoms with Gasteiger partial charge in [0.25, 0.3) is 0 Å². The lowest BCUT2D eigenvalue weighted by Gasteiger charge is -2.15. The van der Waals surface area contributed by atoms with Crippen molar-refractivity contribution in [2.45, 2.75) is 9.59 Å². The number of rotatable bonds is 7. The molecule has 0 saturated carbocycles. The van der Waals surface area contributed by atoms with Gasteiger partial charge >= 0.3 is 0 Å². The molecule has 2 N–H and O–H groups in total. The van der Waals surface area contributed by atoms with Crippen molar-refractivity contribution in [2.75, 3.05) is 10.6 Å². The van der Waals surface area contributed by atoms with Crippen LogP contribution in [0, 0.1) is 0 Å². The number of hydrogen-bond donors (Lipinski definition) is 2. The minimum atomic E-state index is -0.436. The van der Waals surface area contributed by atoms with Crippen molar-refractivity contribution in [3.8, 4) is 0 Å². The van der Waals surface area contributed by atoms with E-state index in [9.17, 15) is 4.79 Å². The molecule has 144 valence electrons. The molecule has 1 amide bonds. The summed E-state index contributed by atoms with van der Waals surface area (Å²) in [7, 11) is 0. The number of aromatic nitrogens is 2. The number of benzene rings is 3. The standard InChI is InChI=1S/C22H18N4OS2/c27-20(23-17-12-6-2-7-13-17)19(16-10-4-1-5-11-16)28-22-26-25-21(29-22)24-18-14-8-3-9-15-18/h1-15,19H,(H,23,27)(H,24,25). The molecule has 7 heteroatoms. The minimum absolute atomic E-state index is 0.0971. The maximum atomic E-state index is 13.0. The molecule has 5 nitrogen and oxygen atoms in total. The lowest BCUT2D eigenvalue weighted by molar-refractivity contribution is -0.115. The maximum Gasteiger partial charge on any atom is 0.242 e. The van der Waals surface area contributed by atoms with E-state index in [0.717, 1.165) is 21.3 Å². The van der Waals surface area contributed by atoms with E-state index in [0.29, 0.717) is 5.13 Å². The molecule has 0 aliphatic heterocycles. The Hall–Kier alpha value is -3.16. The molecular formula is C22H18N4OS2. The number of hydrogen-bond acceptors (Lipinski definition) is 6. The number of nitrogens with zero attached hydrogens (tertiary/aromatic N) is 2. The van der Waals surface area contributed by atoms with E-state index < -0.39 is 5.25 Å². The molecule has 0 saturated heterocycles.